The smallest absolute Gasteiger partial charge is 0.297 e. The third kappa shape index (κ3) is 3.62. The monoisotopic (exact) mass is 274 g/mol. The zero-order chi connectivity index (χ0) is 13.9. The van der Waals surface area contributed by atoms with Crippen LogP contribution in [-0.4, -0.2) is 17.8 Å². The van der Waals surface area contributed by atoms with E-state index in [-0.39, 0.29) is 12.8 Å². The van der Waals surface area contributed by atoms with Crippen molar-refractivity contribution in [1.82, 2.24) is 5.32 Å². The highest BCUT2D eigenvalue weighted by Gasteiger charge is 2.46. The molecule has 0 unspecified atom stereocenters. The van der Waals surface area contributed by atoms with Gasteiger partial charge in [-0.05, 0) is 38.5 Å². The van der Waals surface area contributed by atoms with Crippen LogP contribution in [0.5, 0.6) is 0 Å². The second-order valence-electron chi connectivity index (χ2n) is 5.99. The van der Waals surface area contributed by atoms with Crippen LogP contribution in [0.3, 0.4) is 0 Å². The molecule has 2 fully saturated rings. The second-order valence-corrected chi connectivity index (χ2v) is 5.99. The molecule has 2 aliphatic carbocycles. The van der Waals surface area contributed by atoms with Gasteiger partial charge in [-0.15, -0.1) is 0 Å². The van der Waals surface area contributed by atoms with E-state index in [1.165, 1.54) is 6.42 Å². The SMILES string of the molecule is N#CC1(NC2CCCCC2)CCC(C(F)(F)F)CC1. The summed E-state index contributed by atoms with van der Waals surface area (Å²) in [5, 5.41) is 12.7. The molecule has 2 aliphatic rings. The second kappa shape index (κ2) is 5.70. The van der Waals surface area contributed by atoms with E-state index in [0.29, 0.717) is 18.9 Å². The Hall–Kier alpha value is -0.760. The summed E-state index contributed by atoms with van der Waals surface area (Å²) in [4.78, 5) is 0. The van der Waals surface area contributed by atoms with Gasteiger partial charge < -0.3 is 0 Å². The minimum absolute atomic E-state index is 0.0801. The third-order valence-corrected chi connectivity index (χ3v) is 4.60. The van der Waals surface area contributed by atoms with Crippen molar-refractivity contribution in [2.24, 2.45) is 5.92 Å². The Labute approximate surface area is 112 Å². The molecule has 0 saturated heterocycles. The predicted molar refractivity (Wildman–Crippen MR) is 66.4 cm³/mol. The van der Waals surface area contributed by atoms with Gasteiger partial charge in [0, 0.05) is 6.04 Å². The van der Waals surface area contributed by atoms with E-state index in [1.54, 1.807) is 0 Å². The molecular weight excluding hydrogens is 253 g/mol. The first-order valence-corrected chi connectivity index (χ1v) is 7.21. The minimum Gasteiger partial charge on any atom is -0.297 e. The molecule has 108 valence electrons. The number of alkyl halides is 3. The van der Waals surface area contributed by atoms with Crippen LogP contribution in [-0.2, 0) is 0 Å². The van der Waals surface area contributed by atoms with Gasteiger partial charge >= 0.3 is 6.18 Å². The molecule has 19 heavy (non-hydrogen) atoms. The molecule has 0 spiro atoms. The molecule has 2 saturated carbocycles. The standard InChI is InChI=1S/C14H21F3N2/c15-14(16,17)11-6-8-13(10-18,9-7-11)19-12-4-2-1-3-5-12/h11-12,19H,1-9H2. The number of rotatable bonds is 2. The highest BCUT2D eigenvalue weighted by Crippen LogP contribution is 2.41. The number of hydrogen-bond acceptors (Lipinski definition) is 2. The van der Waals surface area contributed by atoms with Crippen molar-refractivity contribution in [1.29, 1.82) is 5.26 Å². The number of hydrogen-bond donors (Lipinski definition) is 1. The largest absolute Gasteiger partial charge is 0.391 e. The summed E-state index contributed by atoms with van der Waals surface area (Å²) < 4.78 is 38.0. The Morgan fingerprint density at radius 1 is 1.00 bits per heavy atom. The lowest BCUT2D eigenvalue weighted by atomic mass is 9.76. The van der Waals surface area contributed by atoms with Crippen LogP contribution in [0.2, 0.25) is 0 Å². The van der Waals surface area contributed by atoms with Crippen LogP contribution in [0, 0.1) is 17.2 Å². The first-order chi connectivity index (χ1) is 8.95. The minimum atomic E-state index is -4.10. The molecule has 0 aromatic heterocycles. The van der Waals surface area contributed by atoms with Crippen LogP contribution in [0.1, 0.15) is 57.8 Å². The third-order valence-electron chi connectivity index (χ3n) is 4.60. The maximum atomic E-state index is 12.7. The van der Waals surface area contributed by atoms with Crippen molar-refractivity contribution in [2.45, 2.75) is 75.5 Å². The van der Waals surface area contributed by atoms with Crippen molar-refractivity contribution in [3.8, 4) is 6.07 Å². The molecule has 2 rings (SSSR count). The zero-order valence-corrected chi connectivity index (χ0v) is 11.1. The average Bonchev–Trinajstić information content (AvgIpc) is 2.39. The summed E-state index contributed by atoms with van der Waals surface area (Å²) in [6.45, 7) is 0. The molecule has 0 aromatic rings. The van der Waals surface area contributed by atoms with Crippen molar-refractivity contribution in [3.05, 3.63) is 0 Å². The van der Waals surface area contributed by atoms with Crippen molar-refractivity contribution < 1.29 is 13.2 Å². The van der Waals surface area contributed by atoms with Crippen LogP contribution >= 0.6 is 0 Å². The summed E-state index contributed by atoms with van der Waals surface area (Å²) in [6, 6.07) is 2.57. The predicted octanol–water partition coefficient (Wildman–Crippen LogP) is 3.92. The first-order valence-electron chi connectivity index (χ1n) is 7.21. The van der Waals surface area contributed by atoms with Crippen molar-refractivity contribution in [3.63, 3.8) is 0 Å². The highest BCUT2D eigenvalue weighted by atomic mass is 19.4. The van der Waals surface area contributed by atoms with E-state index in [2.05, 4.69) is 11.4 Å². The Morgan fingerprint density at radius 3 is 2.05 bits per heavy atom. The van der Waals surface area contributed by atoms with Gasteiger partial charge in [0.15, 0.2) is 0 Å². The number of nitrogens with one attached hydrogen (secondary N) is 1. The Kier molecular flexibility index (Phi) is 4.39. The number of nitrogens with zero attached hydrogens (tertiary/aromatic N) is 1. The van der Waals surface area contributed by atoms with Crippen molar-refractivity contribution in [2.75, 3.05) is 0 Å². The summed E-state index contributed by atoms with van der Waals surface area (Å²) in [5.74, 6) is -1.22. The van der Waals surface area contributed by atoms with E-state index in [9.17, 15) is 18.4 Å². The highest BCUT2D eigenvalue weighted by molar-refractivity contribution is 5.10. The molecule has 0 radical (unpaired) electrons. The van der Waals surface area contributed by atoms with Gasteiger partial charge in [-0.1, -0.05) is 19.3 Å². The molecular formula is C14H21F3N2. The molecule has 1 N–H and O–H groups in total. The maximum absolute atomic E-state index is 12.7. The van der Waals surface area contributed by atoms with Crippen LogP contribution in [0.25, 0.3) is 0 Å². The average molecular weight is 274 g/mol. The number of nitriles is 1. The zero-order valence-electron chi connectivity index (χ0n) is 11.1. The van der Waals surface area contributed by atoms with E-state index < -0.39 is 17.6 Å². The van der Waals surface area contributed by atoms with E-state index >= 15 is 0 Å². The molecule has 0 aromatic carbocycles. The topological polar surface area (TPSA) is 35.8 Å². The Morgan fingerprint density at radius 2 is 1.58 bits per heavy atom. The quantitative estimate of drug-likeness (QED) is 0.828. The summed E-state index contributed by atoms with van der Waals surface area (Å²) in [5.41, 5.74) is -0.718. The van der Waals surface area contributed by atoms with Crippen LogP contribution < -0.4 is 5.32 Å². The van der Waals surface area contributed by atoms with Crippen LogP contribution in [0.15, 0.2) is 0 Å². The first kappa shape index (κ1) is 14.6. The fourth-order valence-corrected chi connectivity index (χ4v) is 3.36. The summed E-state index contributed by atoms with van der Waals surface area (Å²) >= 11 is 0. The molecule has 0 bridgehead atoms. The lowest BCUT2D eigenvalue weighted by Crippen LogP contribution is -2.52. The molecule has 0 atom stereocenters. The van der Waals surface area contributed by atoms with E-state index in [0.717, 1.165) is 25.7 Å². The van der Waals surface area contributed by atoms with Gasteiger partial charge in [-0.2, -0.15) is 18.4 Å². The molecule has 0 aliphatic heterocycles. The van der Waals surface area contributed by atoms with E-state index in [1.807, 2.05) is 0 Å². The van der Waals surface area contributed by atoms with Crippen molar-refractivity contribution >= 4 is 0 Å². The normalized spacial score (nSPS) is 33.9. The molecule has 5 heteroatoms. The Balaban J connectivity index is 1.92. The van der Waals surface area contributed by atoms with E-state index in [4.69, 9.17) is 0 Å². The maximum Gasteiger partial charge on any atom is 0.391 e. The fraction of sp³-hybridized carbons (Fsp3) is 0.929. The molecule has 0 heterocycles. The van der Waals surface area contributed by atoms with Gasteiger partial charge in [0.05, 0.1) is 12.0 Å². The number of halogens is 3. The Bertz CT molecular complexity index is 332. The van der Waals surface area contributed by atoms with Gasteiger partial charge in [0.1, 0.15) is 5.54 Å². The molecule has 2 nitrogen and oxygen atoms in total. The van der Waals surface area contributed by atoms with Gasteiger partial charge in [-0.3, -0.25) is 5.32 Å². The van der Waals surface area contributed by atoms with Gasteiger partial charge in [-0.25, -0.2) is 0 Å². The lowest BCUT2D eigenvalue weighted by molar-refractivity contribution is -0.184. The summed E-state index contributed by atoms with van der Waals surface area (Å²) in [7, 11) is 0. The van der Waals surface area contributed by atoms with Crippen LogP contribution in [0.4, 0.5) is 13.2 Å². The molecule has 0 amide bonds. The van der Waals surface area contributed by atoms with Gasteiger partial charge in [0.2, 0.25) is 0 Å². The lowest BCUT2D eigenvalue weighted by Gasteiger charge is -2.39. The van der Waals surface area contributed by atoms with Gasteiger partial charge in [0.25, 0.3) is 0 Å². The summed E-state index contributed by atoms with van der Waals surface area (Å²) in [6.07, 6.45) is 2.34. The fourth-order valence-electron chi connectivity index (χ4n) is 3.36.